The third-order valence-electron chi connectivity index (χ3n) is 2.77. The summed E-state index contributed by atoms with van der Waals surface area (Å²) in [6.45, 7) is 10.4. The molecule has 4 heteroatoms. The number of amides is 1. The Bertz CT molecular complexity index is 165. The zero-order chi connectivity index (χ0) is 11.7. The molecule has 1 unspecified atom stereocenters. The van der Waals surface area contributed by atoms with Crippen molar-refractivity contribution < 1.29 is 4.79 Å². The molecule has 0 bridgehead atoms. The number of carbonyl (C=O) groups is 1. The van der Waals surface area contributed by atoms with Gasteiger partial charge in [-0.25, -0.2) is 0 Å². The molecular weight excluding hydrogens is 190 g/mol. The summed E-state index contributed by atoms with van der Waals surface area (Å²) in [6, 6.07) is 0. The summed E-state index contributed by atoms with van der Waals surface area (Å²) in [5, 5.41) is 2.92. The molecule has 0 saturated carbocycles. The highest BCUT2D eigenvalue weighted by atomic mass is 16.1. The number of rotatable bonds is 8. The van der Waals surface area contributed by atoms with Gasteiger partial charge in [0.1, 0.15) is 0 Å². The van der Waals surface area contributed by atoms with Crippen molar-refractivity contribution in [1.82, 2.24) is 10.2 Å². The molecule has 0 aromatic heterocycles. The summed E-state index contributed by atoms with van der Waals surface area (Å²) in [5.41, 5.74) is 5.50. The molecule has 0 fully saturated rings. The van der Waals surface area contributed by atoms with E-state index in [-0.39, 0.29) is 11.8 Å². The Balaban J connectivity index is 3.70. The van der Waals surface area contributed by atoms with Gasteiger partial charge in [0.15, 0.2) is 0 Å². The predicted molar refractivity (Wildman–Crippen MR) is 63.6 cm³/mol. The van der Waals surface area contributed by atoms with E-state index in [1.54, 1.807) is 0 Å². The van der Waals surface area contributed by atoms with E-state index >= 15 is 0 Å². The monoisotopic (exact) mass is 215 g/mol. The number of nitrogens with zero attached hydrogens (tertiary/aromatic N) is 1. The molecule has 3 N–H and O–H groups in total. The highest BCUT2D eigenvalue weighted by molar-refractivity contribution is 5.78. The Morgan fingerprint density at radius 3 is 2.33 bits per heavy atom. The number of hydrogen-bond acceptors (Lipinski definition) is 3. The van der Waals surface area contributed by atoms with Gasteiger partial charge < -0.3 is 16.0 Å². The average Bonchev–Trinajstić information content (AvgIpc) is 2.26. The second-order valence-electron chi connectivity index (χ2n) is 3.66. The van der Waals surface area contributed by atoms with E-state index in [9.17, 15) is 4.79 Å². The van der Waals surface area contributed by atoms with Crippen LogP contribution in [0.25, 0.3) is 0 Å². The fourth-order valence-electron chi connectivity index (χ4n) is 1.48. The Hall–Kier alpha value is -0.610. The van der Waals surface area contributed by atoms with Gasteiger partial charge in [-0.3, -0.25) is 4.79 Å². The van der Waals surface area contributed by atoms with Gasteiger partial charge in [-0.2, -0.15) is 0 Å². The van der Waals surface area contributed by atoms with Crippen molar-refractivity contribution in [2.75, 3.05) is 32.7 Å². The standard InChI is InChI=1S/C11H25N3O/c1-4-10(9-12)11(15)13-7-8-14(5-2)6-3/h10H,4-9,12H2,1-3H3,(H,13,15). The lowest BCUT2D eigenvalue weighted by Gasteiger charge is -2.19. The predicted octanol–water partition coefficient (Wildman–Crippen LogP) is 0.429. The van der Waals surface area contributed by atoms with Crippen LogP contribution in [0.1, 0.15) is 27.2 Å². The largest absolute Gasteiger partial charge is 0.355 e. The highest BCUT2D eigenvalue weighted by Gasteiger charge is 2.13. The molecule has 1 atom stereocenters. The van der Waals surface area contributed by atoms with Gasteiger partial charge in [-0.05, 0) is 19.5 Å². The molecule has 0 aromatic carbocycles. The first-order chi connectivity index (χ1) is 7.19. The summed E-state index contributed by atoms with van der Waals surface area (Å²) in [6.07, 6.45) is 0.813. The van der Waals surface area contributed by atoms with E-state index in [2.05, 4.69) is 24.1 Å². The van der Waals surface area contributed by atoms with Gasteiger partial charge in [-0.15, -0.1) is 0 Å². The third kappa shape index (κ3) is 5.74. The van der Waals surface area contributed by atoms with E-state index in [1.165, 1.54) is 0 Å². The zero-order valence-corrected chi connectivity index (χ0v) is 10.3. The maximum absolute atomic E-state index is 11.6. The normalized spacial score (nSPS) is 12.9. The fourth-order valence-corrected chi connectivity index (χ4v) is 1.48. The quantitative estimate of drug-likeness (QED) is 0.617. The Morgan fingerprint density at radius 1 is 1.33 bits per heavy atom. The molecule has 0 rings (SSSR count). The molecule has 0 spiro atoms. The Morgan fingerprint density at radius 2 is 1.93 bits per heavy atom. The number of carbonyl (C=O) groups excluding carboxylic acids is 1. The molecule has 0 aliphatic heterocycles. The molecule has 1 amide bonds. The van der Waals surface area contributed by atoms with E-state index < -0.39 is 0 Å². The van der Waals surface area contributed by atoms with Crippen LogP contribution in [0.2, 0.25) is 0 Å². The zero-order valence-electron chi connectivity index (χ0n) is 10.3. The summed E-state index contributed by atoms with van der Waals surface area (Å²) in [4.78, 5) is 13.8. The maximum Gasteiger partial charge on any atom is 0.224 e. The summed E-state index contributed by atoms with van der Waals surface area (Å²) in [5.74, 6) is 0.0638. The average molecular weight is 215 g/mol. The van der Waals surface area contributed by atoms with Gasteiger partial charge in [-0.1, -0.05) is 20.8 Å². The second kappa shape index (κ2) is 8.68. The van der Waals surface area contributed by atoms with Crippen molar-refractivity contribution in [3.05, 3.63) is 0 Å². The van der Waals surface area contributed by atoms with Gasteiger partial charge in [0.25, 0.3) is 0 Å². The third-order valence-corrected chi connectivity index (χ3v) is 2.77. The van der Waals surface area contributed by atoms with Gasteiger partial charge in [0.05, 0.1) is 0 Å². The lowest BCUT2D eigenvalue weighted by Crippen LogP contribution is -2.39. The molecule has 0 saturated heterocycles. The second-order valence-corrected chi connectivity index (χ2v) is 3.66. The number of nitrogens with one attached hydrogen (secondary N) is 1. The number of likely N-dealkylation sites (N-methyl/N-ethyl adjacent to an activating group) is 1. The first kappa shape index (κ1) is 14.4. The summed E-state index contributed by atoms with van der Waals surface area (Å²) >= 11 is 0. The Labute approximate surface area is 93.2 Å². The lowest BCUT2D eigenvalue weighted by atomic mass is 10.1. The molecule has 0 aromatic rings. The first-order valence-corrected chi connectivity index (χ1v) is 5.89. The van der Waals surface area contributed by atoms with Crippen LogP contribution < -0.4 is 11.1 Å². The van der Waals surface area contributed by atoms with Crippen LogP contribution >= 0.6 is 0 Å². The van der Waals surface area contributed by atoms with Crippen molar-refractivity contribution >= 4 is 5.91 Å². The van der Waals surface area contributed by atoms with Crippen molar-refractivity contribution in [2.45, 2.75) is 27.2 Å². The SMILES string of the molecule is CCC(CN)C(=O)NCCN(CC)CC. The van der Waals surface area contributed by atoms with E-state index in [0.717, 1.165) is 32.6 Å². The molecule has 4 nitrogen and oxygen atoms in total. The van der Waals surface area contributed by atoms with Gasteiger partial charge in [0.2, 0.25) is 5.91 Å². The molecular formula is C11H25N3O. The van der Waals surface area contributed by atoms with Crippen LogP contribution in [-0.4, -0.2) is 43.5 Å². The van der Waals surface area contributed by atoms with Crippen LogP contribution in [0.4, 0.5) is 0 Å². The number of nitrogens with two attached hydrogens (primary N) is 1. The van der Waals surface area contributed by atoms with Crippen LogP contribution in [0.15, 0.2) is 0 Å². The molecule has 0 aliphatic rings. The highest BCUT2D eigenvalue weighted by Crippen LogP contribution is 1.98. The van der Waals surface area contributed by atoms with Gasteiger partial charge >= 0.3 is 0 Å². The summed E-state index contributed by atoms with van der Waals surface area (Å²) in [7, 11) is 0. The topological polar surface area (TPSA) is 58.4 Å². The van der Waals surface area contributed by atoms with Crippen molar-refractivity contribution in [1.29, 1.82) is 0 Å². The first-order valence-electron chi connectivity index (χ1n) is 5.89. The fraction of sp³-hybridized carbons (Fsp3) is 0.909. The minimum atomic E-state index is -0.0262. The molecule has 0 radical (unpaired) electrons. The van der Waals surface area contributed by atoms with E-state index in [1.807, 2.05) is 6.92 Å². The Kier molecular flexibility index (Phi) is 8.33. The van der Waals surface area contributed by atoms with Crippen LogP contribution in [0, 0.1) is 5.92 Å². The van der Waals surface area contributed by atoms with Crippen molar-refractivity contribution in [2.24, 2.45) is 11.7 Å². The molecule has 90 valence electrons. The van der Waals surface area contributed by atoms with E-state index in [4.69, 9.17) is 5.73 Å². The van der Waals surface area contributed by atoms with E-state index in [0.29, 0.717) is 6.54 Å². The molecule has 0 heterocycles. The van der Waals surface area contributed by atoms with Crippen LogP contribution in [0.5, 0.6) is 0 Å². The maximum atomic E-state index is 11.6. The number of hydrogen-bond donors (Lipinski definition) is 2. The molecule has 0 aliphatic carbocycles. The van der Waals surface area contributed by atoms with Crippen LogP contribution in [0.3, 0.4) is 0 Å². The molecule has 15 heavy (non-hydrogen) atoms. The van der Waals surface area contributed by atoms with Crippen molar-refractivity contribution in [3.63, 3.8) is 0 Å². The minimum absolute atomic E-state index is 0.0262. The minimum Gasteiger partial charge on any atom is -0.355 e. The van der Waals surface area contributed by atoms with Gasteiger partial charge in [0, 0.05) is 25.6 Å². The summed E-state index contributed by atoms with van der Waals surface area (Å²) < 4.78 is 0. The smallest absolute Gasteiger partial charge is 0.224 e. The lowest BCUT2D eigenvalue weighted by molar-refractivity contribution is -0.124. The van der Waals surface area contributed by atoms with Crippen molar-refractivity contribution in [3.8, 4) is 0 Å². The van der Waals surface area contributed by atoms with Crippen LogP contribution in [-0.2, 0) is 4.79 Å².